The summed E-state index contributed by atoms with van der Waals surface area (Å²) in [6, 6.07) is 11.6. The molecule has 5 heteroatoms. The monoisotopic (exact) mass is 367 g/mol. The van der Waals surface area contributed by atoms with Gasteiger partial charge in [-0.05, 0) is 55.8 Å². The number of unbranched alkanes of at least 4 members (excludes halogenated alkanes) is 1. The Morgan fingerprint density at radius 2 is 1.85 bits per heavy atom. The average molecular weight is 367 g/mol. The minimum atomic E-state index is 0.171. The number of ether oxygens (including phenoxy) is 1. The van der Waals surface area contributed by atoms with Crippen LogP contribution in [0.15, 0.2) is 48.8 Å². The highest BCUT2D eigenvalue weighted by molar-refractivity contribution is 5.95. The molecule has 1 aromatic heterocycles. The fraction of sp³-hybridized carbons (Fsp3) is 0.455. The van der Waals surface area contributed by atoms with Crippen molar-refractivity contribution >= 4 is 11.5 Å². The average Bonchev–Trinajstić information content (AvgIpc) is 2.74. The molecule has 0 saturated carbocycles. The summed E-state index contributed by atoms with van der Waals surface area (Å²) in [7, 11) is 0. The molecular formula is C22H29N3O2. The first-order valence-corrected chi connectivity index (χ1v) is 9.89. The van der Waals surface area contributed by atoms with Gasteiger partial charge in [0.15, 0.2) is 5.78 Å². The van der Waals surface area contributed by atoms with Crippen molar-refractivity contribution in [2.24, 2.45) is 0 Å². The predicted octanol–water partition coefficient (Wildman–Crippen LogP) is 3.66. The molecule has 0 amide bonds. The quantitative estimate of drug-likeness (QED) is 0.500. The summed E-state index contributed by atoms with van der Waals surface area (Å²) >= 11 is 0. The van der Waals surface area contributed by atoms with E-state index in [1.54, 1.807) is 0 Å². The van der Waals surface area contributed by atoms with E-state index in [-0.39, 0.29) is 5.78 Å². The Morgan fingerprint density at radius 1 is 1.07 bits per heavy atom. The van der Waals surface area contributed by atoms with Gasteiger partial charge in [0.25, 0.3) is 0 Å². The first-order valence-electron chi connectivity index (χ1n) is 9.89. The number of carbonyl (C=O) groups is 1. The maximum atomic E-state index is 11.6. The summed E-state index contributed by atoms with van der Waals surface area (Å²) < 4.78 is 5.79. The number of hydrogen-bond donors (Lipinski definition) is 0. The molecule has 3 rings (SSSR count). The lowest BCUT2D eigenvalue weighted by atomic mass is 10.1. The van der Waals surface area contributed by atoms with E-state index >= 15 is 0 Å². The van der Waals surface area contributed by atoms with E-state index in [1.807, 2.05) is 49.6 Å². The topological polar surface area (TPSA) is 45.7 Å². The minimum absolute atomic E-state index is 0.171. The SMILES string of the molecule is CCC(=O)c1ccc(OCCCCN2CCN(c3cccnc3)CC2)cc1. The van der Waals surface area contributed by atoms with Crippen molar-refractivity contribution in [1.29, 1.82) is 0 Å². The minimum Gasteiger partial charge on any atom is -0.494 e. The van der Waals surface area contributed by atoms with Gasteiger partial charge in [0.05, 0.1) is 18.5 Å². The Bertz CT molecular complexity index is 695. The predicted molar refractivity (Wildman–Crippen MR) is 109 cm³/mol. The lowest BCUT2D eigenvalue weighted by Crippen LogP contribution is -2.46. The molecular weight excluding hydrogens is 338 g/mol. The van der Waals surface area contributed by atoms with Crippen LogP contribution in [-0.2, 0) is 0 Å². The molecule has 0 spiro atoms. The molecule has 1 aliphatic rings. The highest BCUT2D eigenvalue weighted by Crippen LogP contribution is 2.16. The third-order valence-corrected chi connectivity index (χ3v) is 5.02. The van der Waals surface area contributed by atoms with E-state index in [0.29, 0.717) is 6.42 Å². The first kappa shape index (κ1) is 19.4. The lowest BCUT2D eigenvalue weighted by Gasteiger charge is -2.35. The molecule has 1 fully saturated rings. The molecule has 0 bridgehead atoms. The van der Waals surface area contributed by atoms with Crippen LogP contribution in [0.25, 0.3) is 0 Å². The molecule has 2 aromatic rings. The van der Waals surface area contributed by atoms with Crippen molar-refractivity contribution in [3.63, 3.8) is 0 Å². The van der Waals surface area contributed by atoms with Gasteiger partial charge in [0.2, 0.25) is 0 Å². The van der Waals surface area contributed by atoms with Gasteiger partial charge in [-0.3, -0.25) is 14.7 Å². The van der Waals surface area contributed by atoms with Crippen LogP contribution >= 0.6 is 0 Å². The lowest BCUT2D eigenvalue weighted by molar-refractivity contribution is 0.0988. The largest absolute Gasteiger partial charge is 0.494 e. The highest BCUT2D eigenvalue weighted by Gasteiger charge is 2.16. The van der Waals surface area contributed by atoms with Gasteiger partial charge >= 0.3 is 0 Å². The standard InChI is InChI=1S/C22H29N3O2/c1-2-22(26)19-7-9-21(10-8-19)27-17-4-3-12-24-13-15-25(16-14-24)20-6-5-11-23-18-20/h5-11,18H,2-4,12-17H2,1H3. The summed E-state index contributed by atoms with van der Waals surface area (Å²) in [5.41, 5.74) is 1.98. The number of carbonyl (C=O) groups excluding carboxylic acids is 1. The van der Waals surface area contributed by atoms with E-state index in [0.717, 1.165) is 63.5 Å². The van der Waals surface area contributed by atoms with Crippen molar-refractivity contribution in [3.8, 4) is 5.75 Å². The Kier molecular flexibility index (Phi) is 7.22. The normalized spacial score (nSPS) is 14.9. The summed E-state index contributed by atoms with van der Waals surface area (Å²) in [6.07, 6.45) is 6.48. The van der Waals surface area contributed by atoms with E-state index in [2.05, 4.69) is 20.9 Å². The van der Waals surface area contributed by atoms with Crippen LogP contribution in [0.4, 0.5) is 5.69 Å². The Hall–Kier alpha value is -2.40. The number of benzene rings is 1. The van der Waals surface area contributed by atoms with Crippen LogP contribution in [0, 0.1) is 0 Å². The zero-order chi connectivity index (χ0) is 18.9. The smallest absolute Gasteiger partial charge is 0.162 e. The number of Topliss-reactive ketones (excluding diaryl/α,β-unsaturated/α-hetero) is 1. The van der Waals surface area contributed by atoms with E-state index in [1.165, 1.54) is 5.69 Å². The molecule has 0 N–H and O–H groups in total. The van der Waals surface area contributed by atoms with Crippen LogP contribution in [-0.4, -0.2) is 55.0 Å². The molecule has 1 aliphatic heterocycles. The van der Waals surface area contributed by atoms with Gasteiger partial charge in [-0.25, -0.2) is 0 Å². The van der Waals surface area contributed by atoms with E-state index in [9.17, 15) is 4.79 Å². The molecule has 0 atom stereocenters. The number of piperazine rings is 1. The summed E-state index contributed by atoms with van der Waals surface area (Å²) in [5.74, 6) is 1.01. The van der Waals surface area contributed by atoms with Gasteiger partial charge in [0.1, 0.15) is 5.75 Å². The maximum Gasteiger partial charge on any atom is 0.162 e. The zero-order valence-corrected chi connectivity index (χ0v) is 16.1. The summed E-state index contributed by atoms with van der Waals surface area (Å²) in [4.78, 5) is 20.8. The second-order valence-corrected chi connectivity index (χ2v) is 6.90. The molecule has 1 saturated heterocycles. The molecule has 1 aromatic carbocycles. The van der Waals surface area contributed by atoms with Crippen molar-refractivity contribution < 1.29 is 9.53 Å². The molecule has 0 radical (unpaired) electrons. The van der Waals surface area contributed by atoms with Gasteiger partial charge in [0, 0.05) is 44.4 Å². The number of ketones is 1. The molecule has 5 nitrogen and oxygen atoms in total. The molecule has 0 unspecified atom stereocenters. The van der Waals surface area contributed by atoms with Gasteiger partial charge in [-0.2, -0.15) is 0 Å². The van der Waals surface area contributed by atoms with Crippen LogP contribution in [0.3, 0.4) is 0 Å². The Morgan fingerprint density at radius 3 is 2.52 bits per heavy atom. The molecule has 0 aliphatic carbocycles. The maximum absolute atomic E-state index is 11.6. The first-order chi connectivity index (χ1) is 13.3. The van der Waals surface area contributed by atoms with Crippen LogP contribution in [0.1, 0.15) is 36.5 Å². The third kappa shape index (κ3) is 5.79. The van der Waals surface area contributed by atoms with Crippen LogP contribution in [0.5, 0.6) is 5.75 Å². The van der Waals surface area contributed by atoms with Crippen molar-refractivity contribution in [2.45, 2.75) is 26.2 Å². The number of nitrogens with zero attached hydrogens (tertiary/aromatic N) is 3. The van der Waals surface area contributed by atoms with Crippen molar-refractivity contribution in [2.75, 3.05) is 44.2 Å². The number of hydrogen-bond acceptors (Lipinski definition) is 5. The van der Waals surface area contributed by atoms with Gasteiger partial charge < -0.3 is 9.64 Å². The second kappa shape index (κ2) is 10.1. The second-order valence-electron chi connectivity index (χ2n) is 6.90. The third-order valence-electron chi connectivity index (χ3n) is 5.02. The van der Waals surface area contributed by atoms with Crippen molar-refractivity contribution in [3.05, 3.63) is 54.4 Å². The number of rotatable bonds is 9. The van der Waals surface area contributed by atoms with Crippen LogP contribution in [0.2, 0.25) is 0 Å². The van der Waals surface area contributed by atoms with Gasteiger partial charge in [-0.1, -0.05) is 6.92 Å². The molecule has 144 valence electrons. The Labute approximate surface area is 162 Å². The fourth-order valence-corrected chi connectivity index (χ4v) is 3.34. The van der Waals surface area contributed by atoms with Crippen molar-refractivity contribution in [1.82, 2.24) is 9.88 Å². The number of aromatic nitrogens is 1. The van der Waals surface area contributed by atoms with Crippen LogP contribution < -0.4 is 9.64 Å². The highest BCUT2D eigenvalue weighted by atomic mass is 16.5. The number of anilines is 1. The zero-order valence-electron chi connectivity index (χ0n) is 16.1. The number of pyridine rings is 1. The summed E-state index contributed by atoms with van der Waals surface area (Å²) in [6.45, 7) is 8.04. The van der Waals surface area contributed by atoms with E-state index < -0.39 is 0 Å². The molecule has 27 heavy (non-hydrogen) atoms. The molecule has 2 heterocycles. The fourth-order valence-electron chi connectivity index (χ4n) is 3.34. The Balaban J connectivity index is 1.29. The van der Waals surface area contributed by atoms with Gasteiger partial charge in [-0.15, -0.1) is 0 Å². The summed E-state index contributed by atoms with van der Waals surface area (Å²) in [5, 5.41) is 0. The van der Waals surface area contributed by atoms with E-state index in [4.69, 9.17) is 4.74 Å².